The molecule has 0 radical (unpaired) electrons. The van der Waals surface area contributed by atoms with E-state index in [4.69, 9.17) is 4.74 Å². The van der Waals surface area contributed by atoms with E-state index in [1.165, 1.54) is 10.9 Å². The molecule has 0 bridgehead atoms. The lowest BCUT2D eigenvalue weighted by Gasteiger charge is -2.08. The van der Waals surface area contributed by atoms with Crippen LogP contribution in [0.5, 0.6) is 5.75 Å². The molecule has 3 aromatic rings. The number of carbonyl (C=O) groups excluding carboxylic acids is 1. The van der Waals surface area contributed by atoms with Gasteiger partial charge in [-0.3, -0.25) is 0 Å². The minimum absolute atomic E-state index is 0.209. The van der Waals surface area contributed by atoms with E-state index in [0.717, 1.165) is 23.4 Å². The molecule has 5 heteroatoms. The third-order valence-corrected chi connectivity index (χ3v) is 3.78. The van der Waals surface area contributed by atoms with Crippen molar-refractivity contribution in [3.05, 3.63) is 60.3 Å². The lowest BCUT2D eigenvalue weighted by Crippen LogP contribution is -2.30. The summed E-state index contributed by atoms with van der Waals surface area (Å²) in [4.78, 5) is 15.2. The second kappa shape index (κ2) is 7.55. The molecule has 0 aliphatic heterocycles. The van der Waals surface area contributed by atoms with Crippen molar-refractivity contribution >= 4 is 22.6 Å². The fraction of sp³-hybridized carbons (Fsp3) is 0.211. The smallest absolute Gasteiger partial charge is 0.319 e. The van der Waals surface area contributed by atoms with E-state index in [2.05, 4.69) is 21.7 Å². The molecule has 0 saturated carbocycles. The predicted molar refractivity (Wildman–Crippen MR) is 96.6 cm³/mol. The molecule has 0 unspecified atom stereocenters. The summed E-state index contributed by atoms with van der Waals surface area (Å²) in [5, 5.41) is 6.89. The van der Waals surface area contributed by atoms with Crippen LogP contribution in [0, 0.1) is 0 Å². The van der Waals surface area contributed by atoms with Gasteiger partial charge in [0.15, 0.2) is 0 Å². The summed E-state index contributed by atoms with van der Waals surface area (Å²) < 4.78 is 5.38. The van der Waals surface area contributed by atoms with Gasteiger partial charge in [-0.2, -0.15) is 0 Å². The number of amides is 2. The molecule has 0 fully saturated rings. The van der Waals surface area contributed by atoms with Crippen molar-refractivity contribution in [3.63, 3.8) is 0 Å². The molecule has 5 nitrogen and oxygen atoms in total. The third kappa shape index (κ3) is 3.87. The molecule has 0 atom stereocenters. The van der Waals surface area contributed by atoms with Crippen LogP contribution in [0.1, 0.15) is 12.5 Å². The summed E-state index contributed by atoms with van der Waals surface area (Å²) >= 11 is 0. The quantitative estimate of drug-likeness (QED) is 0.643. The topological polar surface area (TPSA) is 66.2 Å². The molecule has 2 amide bonds. The Kier molecular flexibility index (Phi) is 5.01. The number of aromatic nitrogens is 1. The van der Waals surface area contributed by atoms with Crippen LogP contribution in [0.25, 0.3) is 10.9 Å². The van der Waals surface area contributed by atoms with E-state index in [-0.39, 0.29) is 6.03 Å². The zero-order valence-corrected chi connectivity index (χ0v) is 13.6. The van der Waals surface area contributed by atoms with Gasteiger partial charge >= 0.3 is 6.03 Å². The number of anilines is 1. The third-order valence-electron chi connectivity index (χ3n) is 3.78. The lowest BCUT2D eigenvalue weighted by molar-refractivity contribution is 0.252. The van der Waals surface area contributed by atoms with Crippen LogP contribution in [0.3, 0.4) is 0 Å². The van der Waals surface area contributed by atoms with Crippen molar-refractivity contribution in [2.24, 2.45) is 0 Å². The van der Waals surface area contributed by atoms with Gasteiger partial charge in [-0.15, -0.1) is 0 Å². The largest absolute Gasteiger partial charge is 0.494 e. The minimum atomic E-state index is -0.209. The van der Waals surface area contributed by atoms with Crippen LogP contribution in [-0.4, -0.2) is 24.2 Å². The number of carbonyl (C=O) groups is 1. The van der Waals surface area contributed by atoms with Gasteiger partial charge in [-0.1, -0.05) is 18.2 Å². The maximum Gasteiger partial charge on any atom is 0.319 e. The van der Waals surface area contributed by atoms with Gasteiger partial charge in [-0.25, -0.2) is 4.79 Å². The second-order valence-electron chi connectivity index (χ2n) is 5.45. The van der Waals surface area contributed by atoms with Crippen molar-refractivity contribution in [1.82, 2.24) is 10.3 Å². The monoisotopic (exact) mass is 323 g/mol. The van der Waals surface area contributed by atoms with Gasteiger partial charge in [0.2, 0.25) is 0 Å². The number of H-pyrrole nitrogens is 1. The molecule has 0 aliphatic carbocycles. The fourth-order valence-corrected chi connectivity index (χ4v) is 2.63. The van der Waals surface area contributed by atoms with Gasteiger partial charge < -0.3 is 20.4 Å². The van der Waals surface area contributed by atoms with Crippen molar-refractivity contribution in [2.45, 2.75) is 13.3 Å². The van der Waals surface area contributed by atoms with Crippen LogP contribution in [0.4, 0.5) is 10.5 Å². The number of aromatic amines is 1. The number of urea groups is 1. The molecular formula is C19H21N3O2. The first kappa shape index (κ1) is 15.9. The molecule has 0 saturated heterocycles. The van der Waals surface area contributed by atoms with Crippen LogP contribution in [0.2, 0.25) is 0 Å². The van der Waals surface area contributed by atoms with E-state index in [9.17, 15) is 4.79 Å². The lowest BCUT2D eigenvalue weighted by atomic mass is 10.1. The Balaban J connectivity index is 1.49. The molecule has 24 heavy (non-hydrogen) atoms. The normalized spacial score (nSPS) is 10.5. The van der Waals surface area contributed by atoms with Gasteiger partial charge in [0.25, 0.3) is 0 Å². The van der Waals surface area contributed by atoms with Crippen molar-refractivity contribution in [1.29, 1.82) is 0 Å². The summed E-state index contributed by atoms with van der Waals surface area (Å²) in [7, 11) is 0. The average Bonchev–Trinajstić information content (AvgIpc) is 3.00. The second-order valence-corrected chi connectivity index (χ2v) is 5.45. The minimum Gasteiger partial charge on any atom is -0.494 e. The number of ether oxygens (including phenoxy) is 1. The summed E-state index contributed by atoms with van der Waals surface area (Å²) in [6, 6.07) is 15.3. The van der Waals surface area contributed by atoms with E-state index in [1.807, 2.05) is 55.6 Å². The Morgan fingerprint density at radius 3 is 2.71 bits per heavy atom. The summed E-state index contributed by atoms with van der Waals surface area (Å²) in [5.74, 6) is 0.794. The Hall–Kier alpha value is -2.95. The first-order chi connectivity index (χ1) is 11.8. The van der Waals surface area contributed by atoms with E-state index in [0.29, 0.717) is 13.2 Å². The highest BCUT2D eigenvalue weighted by Gasteiger charge is 2.05. The number of benzene rings is 2. The van der Waals surface area contributed by atoms with Gasteiger partial charge in [-0.05, 0) is 49.2 Å². The van der Waals surface area contributed by atoms with Crippen LogP contribution in [0.15, 0.2) is 54.7 Å². The first-order valence-corrected chi connectivity index (χ1v) is 8.09. The molecule has 0 aliphatic rings. The number of nitrogens with one attached hydrogen (secondary N) is 3. The molecule has 3 rings (SSSR count). The Morgan fingerprint density at radius 1 is 1.12 bits per heavy atom. The average molecular weight is 323 g/mol. The number of hydrogen-bond acceptors (Lipinski definition) is 2. The van der Waals surface area contributed by atoms with Crippen molar-refractivity contribution in [2.75, 3.05) is 18.5 Å². The fourth-order valence-electron chi connectivity index (χ4n) is 2.63. The molecule has 124 valence electrons. The Bertz CT molecular complexity index is 809. The highest BCUT2D eigenvalue weighted by Crippen LogP contribution is 2.18. The zero-order chi connectivity index (χ0) is 16.8. The maximum atomic E-state index is 12.0. The first-order valence-electron chi connectivity index (χ1n) is 8.09. The van der Waals surface area contributed by atoms with Crippen molar-refractivity contribution < 1.29 is 9.53 Å². The number of hydrogen-bond donors (Lipinski definition) is 3. The maximum absolute atomic E-state index is 12.0. The van der Waals surface area contributed by atoms with Crippen molar-refractivity contribution in [3.8, 4) is 5.75 Å². The molecule has 2 aromatic carbocycles. The molecule has 3 N–H and O–H groups in total. The molecular weight excluding hydrogens is 302 g/mol. The SMILES string of the molecule is CCOc1ccc(NC(=O)NCCc2c[nH]c3ccccc23)cc1. The highest BCUT2D eigenvalue weighted by atomic mass is 16.5. The van der Waals surface area contributed by atoms with E-state index in [1.54, 1.807) is 0 Å². The van der Waals surface area contributed by atoms with Gasteiger partial charge in [0.1, 0.15) is 5.75 Å². The number of fused-ring (bicyclic) bond motifs is 1. The van der Waals surface area contributed by atoms with E-state index >= 15 is 0 Å². The van der Waals surface area contributed by atoms with Gasteiger partial charge in [0, 0.05) is 29.3 Å². The predicted octanol–water partition coefficient (Wildman–Crippen LogP) is 3.93. The highest BCUT2D eigenvalue weighted by molar-refractivity contribution is 5.89. The van der Waals surface area contributed by atoms with Gasteiger partial charge in [0.05, 0.1) is 6.61 Å². The zero-order valence-electron chi connectivity index (χ0n) is 13.6. The number of rotatable bonds is 6. The summed E-state index contributed by atoms with van der Waals surface area (Å²) in [5.41, 5.74) is 3.06. The summed E-state index contributed by atoms with van der Waals surface area (Å²) in [6.45, 7) is 3.14. The molecule has 1 heterocycles. The van der Waals surface area contributed by atoms with E-state index < -0.39 is 0 Å². The number of para-hydroxylation sites is 1. The van der Waals surface area contributed by atoms with Crippen LogP contribution in [-0.2, 0) is 6.42 Å². The van der Waals surface area contributed by atoms with Crippen LogP contribution >= 0.6 is 0 Å². The summed E-state index contributed by atoms with van der Waals surface area (Å²) in [6.07, 6.45) is 2.78. The standard InChI is InChI=1S/C19H21N3O2/c1-2-24-16-9-7-15(8-10-16)22-19(23)20-12-11-14-13-21-18-6-4-3-5-17(14)18/h3-10,13,21H,2,11-12H2,1H3,(H2,20,22,23). The Labute approximate surface area is 141 Å². The molecule has 1 aromatic heterocycles. The van der Waals surface area contributed by atoms with Crippen LogP contribution < -0.4 is 15.4 Å². The Morgan fingerprint density at radius 2 is 1.92 bits per heavy atom. The molecule has 0 spiro atoms.